The molecular weight excluding hydrogens is 442 g/mol. The second-order valence-corrected chi connectivity index (χ2v) is 8.14. The minimum Gasteiger partial charge on any atom is -0.492 e. The number of morpholine rings is 1. The number of ether oxygens (including phenoxy) is 2. The summed E-state index contributed by atoms with van der Waals surface area (Å²) in [6, 6.07) is 8.89. The predicted octanol–water partition coefficient (Wildman–Crippen LogP) is 4.01. The van der Waals surface area contributed by atoms with Gasteiger partial charge in [0.15, 0.2) is 0 Å². The molecule has 174 valence electrons. The fourth-order valence-corrected chi connectivity index (χ4v) is 4.35. The summed E-state index contributed by atoms with van der Waals surface area (Å²) < 4.78 is 64.5. The van der Waals surface area contributed by atoms with E-state index in [2.05, 4.69) is 20.1 Å². The zero-order valence-electron chi connectivity index (χ0n) is 17.7. The quantitative estimate of drug-likeness (QED) is 0.434. The number of hydrogen-bond donors (Lipinski definition) is 0. The lowest BCUT2D eigenvalue weighted by Gasteiger charge is -2.42. The molecule has 1 fully saturated rings. The number of benzene rings is 2. The van der Waals surface area contributed by atoms with Gasteiger partial charge in [0.05, 0.1) is 24.4 Å². The van der Waals surface area contributed by atoms with Crippen LogP contribution in [-0.2, 0) is 11.0 Å². The van der Waals surface area contributed by atoms with Gasteiger partial charge < -0.3 is 9.47 Å². The van der Waals surface area contributed by atoms with Crippen LogP contribution in [0.4, 0.5) is 23.2 Å². The van der Waals surface area contributed by atoms with Crippen molar-refractivity contribution in [1.82, 2.24) is 19.9 Å². The highest BCUT2D eigenvalue weighted by molar-refractivity contribution is 5.88. The summed E-state index contributed by atoms with van der Waals surface area (Å²) >= 11 is 0. The zero-order valence-corrected chi connectivity index (χ0v) is 17.7. The van der Waals surface area contributed by atoms with E-state index in [4.69, 9.17) is 9.47 Å². The van der Waals surface area contributed by atoms with Crippen LogP contribution in [0.2, 0.25) is 0 Å². The molecule has 3 heterocycles. The summed E-state index contributed by atoms with van der Waals surface area (Å²) in [6.07, 6.45) is -2.98. The highest BCUT2D eigenvalue weighted by atomic mass is 19.4. The number of alkyl halides is 3. The molecule has 2 aromatic carbocycles. The SMILES string of the molecule is C[C@@H]1CN(C2COc3cc(F)ccc3C2C=Nc2cccc3nn(C(F)(F)F)nc23)CCO1. The monoisotopic (exact) mass is 463 g/mol. The van der Waals surface area contributed by atoms with Crippen LogP contribution in [0.3, 0.4) is 0 Å². The first kappa shape index (κ1) is 21.8. The molecule has 1 saturated heterocycles. The molecule has 0 radical (unpaired) electrons. The number of aromatic nitrogens is 3. The molecule has 1 aromatic heterocycles. The Morgan fingerprint density at radius 1 is 1.18 bits per heavy atom. The summed E-state index contributed by atoms with van der Waals surface area (Å²) in [5, 5.41) is 7.09. The number of hydrogen-bond acceptors (Lipinski definition) is 6. The van der Waals surface area contributed by atoms with Crippen molar-refractivity contribution in [2.24, 2.45) is 4.99 Å². The van der Waals surface area contributed by atoms with Gasteiger partial charge in [-0.3, -0.25) is 9.89 Å². The van der Waals surface area contributed by atoms with Crippen LogP contribution in [0.15, 0.2) is 41.4 Å². The smallest absolute Gasteiger partial charge is 0.492 e. The maximum atomic E-state index is 13.8. The number of aliphatic imine (C=N–C) groups is 1. The van der Waals surface area contributed by atoms with Gasteiger partial charge in [0.2, 0.25) is 0 Å². The Balaban J connectivity index is 1.53. The third-order valence-corrected chi connectivity index (χ3v) is 5.89. The molecule has 2 aliphatic heterocycles. The van der Waals surface area contributed by atoms with Gasteiger partial charge in [-0.25, -0.2) is 4.39 Å². The first-order valence-corrected chi connectivity index (χ1v) is 10.5. The largest absolute Gasteiger partial charge is 0.521 e. The lowest BCUT2D eigenvalue weighted by atomic mass is 9.88. The molecule has 2 aliphatic rings. The van der Waals surface area contributed by atoms with E-state index in [9.17, 15) is 17.6 Å². The molecule has 7 nitrogen and oxygen atoms in total. The average Bonchev–Trinajstić information content (AvgIpc) is 3.23. The van der Waals surface area contributed by atoms with Crippen LogP contribution in [0.25, 0.3) is 11.0 Å². The fraction of sp³-hybridized carbons (Fsp3) is 0.409. The van der Waals surface area contributed by atoms with Gasteiger partial charge in [-0.1, -0.05) is 16.9 Å². The lowest BCUT2D eigenvalue weighted by molar-refractivity contribution is -0.220. The molecule has 0 spiro atoms. The molecule has 33 heavy (non-hydrogen) atoms. The van der Waals surface area contributed by atoms with E-state index in [1.54, 1.807) is 24.4 Å². The predicted molar refractivity (Wildman–Crippen MR) is 112 cm³/mol. The first-order valence-electron chi connectivity index (χ1n) is 10.5. The van der Waals surface area contributed by atoms with Gasteiger partial charge in [0.25, 0.3) is 0 Å². The molecule has 11 heteroatoms. The molecule has 0 N–H and O–H groups in total. The Kier molecular flexibility index (Phi) is 5.53. The maximum Gasteiger partial charge on any atom is 0.521 e. The van der Waals surface area contributed by atoms with Crippen molar-refractivity contribution in [2.75, 3.05) is 26.3 Å². The van der Waals surface area contributed by atoms with E-state index in [0.717, 1.165) is 5.56 Å². The van der Waals surface area contributed by atoms with Crippen molar-refractivity contribution in [3.63, 3.8) is 0 Å². The minimum atomic E-state index is -4.72. The zero-order chi connectivity index (χ0) is 23.2. The van der Waals surface area contributed by atoms with Crippen molar-refractivity contribution in [2.45, 2.75) is 31.3 Å². The van der Waals surface area contributed by atoms with Crippen molar-refractivity contribution < 1.29 is 27.0 Å². The first-order chi connectivity index (χ1) is 15.8. The van der Waals surface area contributed by atoms with E-state index in [-0.39, 0.29) is 39.6 Å². The number of halogens is 4. The molecule has 2 unspecified atom stereocenters. The average molecular weight is 463 g/mol. The summed E-state index contributed by atoms with van der Waals surface area (Å²) in [4.78, 5) is 6.51. The second-order valence-electron chi connectivity index (χ2n) is 8.14. The van der Waals surface area contributed by atoms with Gasteiger partial charge in [0.1, 0.15) is 29.2 Å². The number of nitrogens with zero attached hydrogens (tertiary/aromatic N) is 5. The maximum absolute atomic E-state index is 13.8. The normalized spacial score (nSPS) is 24.2. The number of rotatable bonds is 3. The summed E-state index contributed by atoms with van der Waals surface area (Å²) in [5.41, 5.74) is 1.18. The Bertz CT molecular complexity index is 1200. The molecule has 0 amide bonds. The highest BCUT2D eigenvalue weighted by Gasteiger charge is 2.37. The molecule has 3 aromatic rings. The van der Waals surface area contributed by atoms with Crippen molar-refractivity contribution in [1.29, 1.82) is 0 Å². The molecule has 3 atom stereocenters. The standard InChI is InChI=1S/C22H21F4N5O2/c1-13-11-30(7-8-32-13)19-12-33-20-9-14(23)5-6-15(20)16(19)10-27-17-3-2-4-18-21(17)29-31(28-18)22(24,25)26/h2-6,9-10,13,16,19H,7-8,11-12H2,1H3/t13-,16?,19?/m1/s1. The highest BCUT2D eigenvalue weighted by Crippen LogP contribution is 2.37. The van der Waals surface area contributed by atoms with Crippen LogP contribution in [-0.4, -0.2) is 64.6 Å². The molecule has 0 saturated carbocycles. The van der Waals surface area contributed by atoms with Crippen LogP contribution in [0.1, 0.15) is 18.4 Å². The Hall–Kier alpha value is -3.05. The Labute approximate surface area is 186 Å². The van der Waals surface area contributed by atoms with Gasteiger partial charge in [-0.2, -0.15) is 0 Å². The van der Waals surface area contributed by atoms with Crippen LogP contribution in [0, 0.1) is 5.82 Å². The molecular formula is C22H21F4N5O2. The van der Waals surface area contributed by atoms with Crippen LogP contribution < -0.4 is 4.74 Å². The van der Waals surface area contributed by atoms with Gasteiger partial charge in [-0.15, -0.1) is 23.4 Å². The third kappa shape index (κ3) is 4.30. The van der Waals surface area contributed by atoms with Crippen LogP contribution in [0.5, 0.6) is 5.75 Å². The van der Waals surface area contributed by atoms with E-state index in [1.165, 1.54) is 18.2 Å². The minimum absolute atomic E-state index is 0.0500. The molecule has 0 aliphatic carbocycles. The summed E-state index contributed by atoms with van der Waals surface area (Å²) in [6.45, 7) is 4.30. The number of fused-ring (bicyclic) bond motifs is 2. The Morgan fingerprint density at radius 2 is 2.03 bits per heavy atom. The van der Waals surface area contributed by atoms with Gasteiger partial charge in [-0.05, 0) is 25.1 Å². The second kappa shape index (κ2) is 8.38. The van der Waals surface area contributed by atoms with E-state index < -0.39 is 12.1 Å². The fourth-order valence-electron chi connectivity index (χ4n) is 4.35. The summed E-state index contributed by atoms with van der Waals surface area (Å²) in [7, 11) is 0. The van der Waals surface area contributed by atoms with Crippen LogP contribution >= 0.6 is 0 Å². The lowest BCUT2D eigenvalue weighted by Crippen LogP contribution is -2.52. The van der Waals surface area contributed by atoms with E-state index in [0.29, 0.717) is 32.1 Å². The topological polar surface area (TPSA) is 64.8 Å². The van der Waals surface area contributed by atoms with E-state index >= 15 is 0 Å². The van der Waals surface area contributed by atoms with E-state index in [1.807, 2.05) is 6.92 Å². The Morgan fingerprint density at radius 3 is 2.82 bits per heavy atom. The molecule has 0 bridgehead atoms. The third-order valence-electron chi connectivity index (χ3n) is 5.89. The molecule has 5 rings (SSSR count). The van der Waals surface area contributed by atoms with Crippen molar-refractivity contribution in [3.05, 3.63) is 47.8 Å². The van der Waals surface area contributed by atoms with Crippen molar-refractivity contribution in [3.8, 4) is 5.75 Å². The summed E-state index contributed by atoms with van der Waals surface area (Å²) in [5.74, 6) is -0.241. The van der Waals surface area contributed by atoms with Gasteiger partial charge in [0, 0.05) is 36.9 Å². The van der Waals surface area contributed by atoms with Gasteiger partial charge >= 0.3 is 6.30 Å². The van der Waals surface area contributed by atoms with Crippen molar-refractivity contribution >= 4 is 22.9 Å².